The summed E-state index contributed by atoms with van der Waals surface area (Å²) in [6.07, 6.45) is 10.8. The molecule has 2 rings (SSSR count). The molecule has 0 aromatic rings. The van der Waals surface area contributed by atoms with Gasteiger partial charge in [-0.1, -0.05) is 33.1 Å². The van der Waals surface area contributed by atoms with Gasteiger partial charge in [0.1, 0.15) is 12.2 Å². The van der Waals surface area contributed by atoms with E-state index in [1.165, 1.54) is 44.9 Å². The minimum Gasteiger partial charge on any atom is -0.379 e. The molecule has 2 atom stereocenters. The van der Waals surface area contributed by atoms with Crippen molar-refractivity contribution in [2.45, 2.75) is 83.5 Å². The van der Waals surface area contributed by atoms with Gasteiger partial charge in [0.05, 0.1) is 32.5 Å². The van der Waals surface area contributed by atoms with Crippen LogP contribution in [0.15, 0.2) is 0 Å². The summed E-state index contributed by atoms with van der Waals surface area (Å²) in [6, 6.07) is 0. The third-order valence-electron chi connectivity index (χ3n) is 4.87. The van der Waals surface area contributed by atoms with Crippen molar-refractivity contribution in [1.82, 2.24) is 0 Å². The van der Waals surface area contributed by atoms with Gasteiger partial charge in [0, 0.05) is 6.61 Å². The van der Waals surface area contributed by atoms with Crippen LogP contribution < -0.4 is 0 Å². The van der Waals surface area contributed by atoms with Gasteiger partial charge in [0.25, 0.3) is 0 Å². The molecular formula is C19H36O4. The van der Waals surface area contributed by atoms with Crippen LogP contribution in [0.2, 0.25) is 0 Å². The molecule has 0 radical (unpaired) electrons. The summed E-state index contributed by atoms with van der Waals surface area (Å²) in [5.41, 5.74) is 0. The fourth-order valence-electron chi connectivity index (χ4n) is 3.25. The second kappa shape index (κ2) is 11.4. The fourth-order valence-corrected chi connectivity index (χ4v) is 3.25. The molecule has 136 valence electrons. The van der Waals surface area contributed by atoms with Crippen molar-refractivity contribution in [3.63, 3.8) is 0 Å². The molecule has 1 aliphatic heterocycles. The molecule has 1 aliphatic carbocycles. The zero-order valence-corrected chi connectivity index (χ0v) is 15.1. The Morgan fingerprint density at radius 3 is 2.48 bits per heavy atom. The summed E-state index contributed by atoms with van der Waals surface area (Å²) < 4.78 is 23.0. The summed E-state index contributed by atoms with van der Waals surface area (Å²) in [7, 11) is 0. The van der Waals surface area contributed by atoms with Gasteiger partial charge in [-0.3, -0.25) is 0 Å². The number of ether oxygens (including phenoxy) is 4. The molecule has 1 heterocycles. The lowest BCUT2D eigenvalue weighted by molar-refractivity contribution is -0.0875. The van der Waals surface area contributed by atoms with Gasteiger partial charge < -0.3 is 18.9 Å². The van der Waals surface area contributed by atoms with Crippen LogP contribution in [0.25, 0.3) is 0 Å². The highest BCUT2D eigenvalue weighted by molar-refractivity contribution is 4.74. The summed E-state index contributed by atoms with van der Waals surface area (Å²) in [6.45, 7) is 8.09. The summed E-state index contributed by atoms with van der Waals surface area (Å²) >= 11 is 0. The summed E-state index contributed by atoms with van der Waals surface area (Å²) in [4.78, 5) is 0. The van der Waals surface area contributed by atoms with E-state index in [2.05, 4.69) is 13.8 Å². The molecule has 0 bridgehead atoms. The fraction of sp³-hybridized carbons (Fsp3) is 1.00. The van der Waals surface area contributed by atoms with Crippen LogP contribution >= 0.6 is 0 Å². The van der Waals surface area contributed by atoms with Crippen molar-refractivity contribution >= 4 is 0 Å². The molecule has 2 fully saturated rings. The Labute approximate surface area is 142 Å². The van der Waals surface area contributed by atoms with Gasteiger partial charge in [-0.15, -0.1) is 0 Å². The van der Waals surface area contributed by atoms with Crippen molar-refractivity contribution < 1.29 is 18.9 Å². The van der Waals surface area contributed by atoms with Crippen LogP contribution in [-0.4, -0.2) is 51.3 Å². The lowest BCUT2D eigenvalue weighted by Gasteiger charge is -2.29. The molecule has 0 amide bonds. The lowest BCUT2D eigenvalue weighted by Crippen LogP contribution is -2.31. The average Bonchev–Trinajstić information content (AvgIpc) is 3.39. The Bertz CT molecular complexity index is 285. The molecule has 1 saturated carbocycles. The van der Waals surface area contributed by atoms with E-state index in [1.807, 2.05) is 0 Å². The molecular weight excluding hydrogens is 292 g/mol. The first-order valence-corrected chi connectivity index (χ1v) is 9.74. The SMILES string of the molecule is CCCCOCC(COC1CCC(CCC)CC1)OCC1CO1. The van der Waals surface area contributed by atoms with Crippen molar-refractivity contribution in [1.29, 1.82) is 0 Å². The quantitative estimate of drug-likeness (QED) is 0.379. The van der Waals surface area contributed by atoms with E-state index in [4.69, 9.17) is 18.9 Å². The largest absolute Gasteiger partial charge is 0.379 e. The highest BCUT2D eigenvalue weighted by Crippen LogP contribution is 2.29. The number of rotatable bonds is 13. The molecule has 4 nitrogen and oxygen atoms in total. The van der Waals surface area contributed by atoms with Crippen LogP contribution in [-0.2, 0) is 18.9 Å². The van der Waals surface area contributed by atoms with Gasteiger partial charge in [-0.2, -0.15) is 0 Å². The van der Waals surface area contributed by atoms with Crippen LogP contribution in [0.1, 0.15) is 65.2 Å². The number of hydrogen-bond acceptors (Lipinski definition) is 4. The Balaban J connectivity index is 1.60. The van der Waals surface area contributed by atoms with Crippen LogP contribution in [0.5, 0.6) is 0 Å². The van der Waals surface area contributed by atoms with E-state index >= 15 is 0 Å². The second-order valence-corrected chi connectivity index (χ2v) is 7.10. The molecule has 2 unspecified atom stereocenters. The maximum Gasteiger partial charge on any atom is 0.104 e. The zero-order chi connectivity index (χ0) is 16.3. The number of epoxide rings is 1. The van der Waals surface area contributed by atoms with Crippen LogP contribution in [0.3, 0.4) is 0 Å². The average molecular weight is 328 g/mol. The van der Waals surface area contributed by atoms with E-state index in [0.717, 1.165) is 25.6 Å². The number of unbranched alkanes of at least 4 members (excludes halogenated alkanes) is 1. The van der Waals surface area contributed by atoms with Crippen LogP contribution in [0.4, 0.5) is 0 Å². The molecule has 23 heavy (non-hydrogen) atoms. The van der Waals surface area contributed by atoms with E-state index < -0.39 is 0 Å². The third kappa shape index (κ3) is 8.48. The number of hydrogen-bond donors (Lipinski definition) is 0. The maximum atomic E-state index is 6.14. The van der Waals surface area contributed by atoms with Crippen molar-refractivity contribution in [2.24, 2.45) is 5.92 Å². The highest BCUT2D eigenvalue weighted by atomic mass is 16.6. The van der Waals surface area contributed by atoms with Gasteiger partial charge in [0.2, 0.25) is 0 Å². The van der Waals surface area contributed by atoms with Crippen molar-refractivity contribution in [2.75, 3.05) is 33.0 Å². The minimum absolute atomic E-state index is 0.0458. The normalized spacial score (nSPS) is 28.7. The lowest BCUT2D eigenvalue weighted by atomic mass is 9.85. The van der Waals surface area contributed by atoms with Gasteiger partial charge in [0.15, 0.2) is 0 Å². The smallest absolute Gasteiger partial charge is 0.104 e. The van der Waals surface area contributed by atoms with Crippen molar-refractivity contribution in [3.8, 4) is 0 Å². The molecule has 4 heteroatoms. The minimum atomic E-state index is 0.0458. The molecule has 1 saturated heterocycles. The first-order valence-electron chi connectivity index (χ1n) is 9.74. The molecule has 0 N–H and O–H groups in total. The predicted octanol–water partition coefficient (Wildman–Crippen LogP) is 3.96. The summed E-state index contributed by atoms with van der Waals surface area (Å²) in [5, 5.41) is 0. The van der Waals surface area contributed by atoms with Gasteiger partial charge in [-0.25, -0.2) is 0 Å². The van der Waals surface area contributed by atoms with E-state index in [-0.39, 0.29) is 6.10 Å². The first-order chi connectivity index (χ1) is 11.3. The molecule has 0 aromatic heterocycles. The monoisotopic (exact) mass is 328 g/mol. The first kappa shape index (κ1) is 19.2. The molecule has 0 aromatic carbocycles. The van der Waals surface area contributed by atoms with E-state index in [9.17, 15) is 0 Å². The van der Waals surface area contributed by atoms with E-state index in [0.29, 0.717) is 32.0 Å². The Kier molecular flexibility index (Phi) is 9.50. The summed E-state index contributed by atoms with van der Waals surface area (Å²) in [5.74, 6) is 0.927. The topological polar surface area (TPSA) is 40.2 Å². The standard InChI is InChI=1S/C19H36O4/c1-3-5-11-20-12-18(22-14-19-15-23-19)13-21-17-9-7-16(6-4-2)8-10-17/h16-19H,3-15H2,1-2H3. The van der Waals surface area contributed by atoms with Crippen molar-refractivity contribution in [3.05, 3.63) is 0 Å². The molecule has 2 aliphatic rings. The Morgan fingerprint density at radius 2 is 1.83 bits per heavy atom. The van der Waals surface area contributed by atoms with Crippen LogP contribution in [0, 0.1) is 5.92 Å². The highest BCUT2D eigenvalue weighted by Gasteiger charge is 2.26. The van der Waals surface area contributed by atoms with E-state index in [1.54, 1.807) is 0 Å². The van der Waals surface area contributed by atoms with Gasteiger partial charge >= 0.3 is 0 Å². The third-order valence-corrected chi connectivity index (χ3v) is 4.87. The Morgan fingerprint density at radius 1 is 1.04 bits per heavy atom. The molecule has 0 spiro atoms. The maximum absolute atomic E-state index is 6.14. The second-order valence-electron chi connectivity index (χ2n) is 7.10. The van der Waals surface area contributed by atoms with Gasteiger partial charge in [-0.05, 0) is 38.0 Å². The Hall–Kier alpha value is -0.160. The predicted molar refractivity (Wildman–Crippen MR) is 91.8 cm³/mol. The zero-order valence-electron chi connectivity index (χ0n) is 15.1.